The van der Waals surface area contributed by atoms with Gasteiger partial charge >= 0.3 is 24.0 Å². The molecule has 2 aliphatic heterocycles. The maximum atomic E-state index is 14.6. The number of methoxy groups -OCH3 is 1. The number of carbonyl (C=O) groups is 12. The van der Waals surface area contributed by atoms with Crippen LogP contribution in [0.3, 0.4) is 0 Å². The van der Waals surface area contributed by atoms with Gasteiger partial charge in [0.05, 0.1) is 60.5 Å². The predicted octanol–water partition coefficient (Wildman–Crippen LogP) is 3.85. The zero-order chi connectivity index (χ0) is 83.2. The summed E-state index contributed by atoms with van der Waals surface area (Å²) in [7, 11) is 1.89. The number of benzene rings is 1. The van der Waals surface area contributed by atoms with Gasteiger partial charge in [0.25, 0.3) is 27.5 Å². The molecule has 3 aliphatic rings. The van der Waals surface area contributed by atoms with Crippen molar-refractivity contribution in [2.75, 3.05) is 69.2 Å². The average Bonchev–Trinajstić information content (AvgIpc) is 1.56. The van der Waals surface area contributed by atoms with Gasteiger partial charge in [0.2, 0.25) is 29.6 Å². The predicted molar refractivity (Wildman–Crippen MR) is 418 cm³/mol. The van der Waals surface area contributed by atoms with E-state index in [9.17, 15) is 81.0 Å². The second kappa shape index (κ2) is 38.4. The molecule has 1 aliphatic carbocycles. The highest BCUT2D eigenvalue weighted by molar-refractivity contribution is 8.76. The number of hydrogen-bond acceptors (Lipinski definition) is 27. The first-order chi connectivity index (χ1) is 54.1. The number of ether oxygens (including phenoxy) is 2. The molecule has 0 saturated heterocycles. The van der Waals surface area contributed by atoms with Crippen LogP contribution in [0.15, 0.2) is 53.5 Å². The van der Waals surface area contributed by atoms with Crippen LogP contribution >= 0.6 is 21.6 Å². The molecule has 6 aromatic rings. The van der Waals surface area contributed by atoms with Crippen LogP contribution in [-0.4, -0.2) is 221 Å². The van der Waals surface area contributed by atoms with E-state index in [0.717, 1.165) is 39.4 Å². The number of aromatic amines is 3. The van der Waals surface area contributed by atoms with Crippen molar-refractivity contribution < 1.29 is 90.2 Å². The number of Topliss-reactive ketones (excluding diaryl/α,β-unsaturated/α-hetero) is 2. The standard InChI is InChI=1S/C73H90N18O20S3/c1-10-41-33(2)44-28-49-56(37(6)92)35(4)46(81-49)26-45-34(3)42(60(83-45)58-59(71(105)110-9)63(96)57-36(5)47(84-61(57)58)27-48(41)80-44)17-19-53(93)75-21-11-12-52(91(7)8)67(99)89-90-73(106)111-23-24-112-113-32-51(70(103)104)86-66(98)50(29-55(95)76-22-25-114(107,108)109)82-54(94)20-18-43(69(101)102)85-65(97)38-13-15-39(16-14-38)77-30-40-31-78-64-62(79-40)68(100)88-72(74)87-64/h13-16,26-28,31,33-34,41-43,50-52,59,77,81,84H,10-12,17-25,29-30,32H2,1-9H3,(H,75,93)(H,76,95)(H,82,94)(H,85,97)(H,86,98)(H,89,99)(H,90,106)(H,101,102)(H,103,104)(H,107,108,109)(H3,74,78,87,88,100)/t33-,34+,41-,42+,43-,50-,51-,52-,59?/m0/s1. The largest absolute Gasteiger partial charge is 0.480 e. The van der Waals surface area contributed by atoms with Gasteiger partial charge in [-0.05, 0) is 121 Å². The molecule has 7 amide bonds. The molecule has 0 saturated carbocycles. The van der Waals surface area contributed by atoms with Crippen molar-refractivity contribution in [3.8, 4) is 0 Å². The van der Waals surface area contributed by atoms with E-state index in [1.54, 1.807) is 19.0 Å². The van der Waals surface area contributed by atoms with Gasteiger partial charge in [-0.25, -0.2) is 29.8 Å². The zero-order valence-corrected chi connectivity index (χ0v) is 66.1. The summed E-state index contributed by atoms with van der Waals surface area (Å²) >= 11 is 0. The van der Waals surface area contributed by atoms with Crippen LogP contribution in [0.5, 0.6) is 0 Å². The summed E-state index contributed by atoms with van der Waals surface area (Å²) in [5.74, 6) is -13.0. The molecule has 1 unspecified atom stereocenters. The number of hydrazine groups is 1. The molecule has 1 aromatic carbocycles. The quantitative estimate of drug-likeness (QED) is 0.00505. The number of fused-ring (bicyclic) bond motifs is 9. The van der Waals surface area contributed by atoms with Crippen LogP contribution in [0.2, 0.25) is 0 Å². The number of esters is 1. The fourth-order valence-electron chi connectivity index (χ4n) is 13.7. The van der Waals surface area contributed by atoms with Crippen molar-refractivity contribution in [2.24, 2.45) is 0 Å². The molecule has 38 nitrogen and oxygen atoms in total. The number of hydrogen-bond donors (Lipinski definition) is 15. The number of nitrogens with one attached hydrogen (secondary N) is 11. The highest BCUT2D eigenvalue weighted by Crippen LogP contribution is 2.48. The van der Waals surface area contributed by atoms with Crippen LogP contribution < -0.4 is 54.0 Å². The Hall–Kier alpha value is -11.4. The van der Waals surface area contributed by atoms with Gasteiger partial charge in [-0.15, -0.1) is 0 Å². The molecule has 610 valence electrons. The Bertz CT molecular complexity index is 5110. The Balaban J connectivity index is 0.729. The summed E-state index contributed by atoms with van der Waals surface area (Å²) in [5.41, 5.74) is 17.9. The highest BCUT2D eigenvalue weighted by Gasteiger charge is 2.46. The van der Waals surface area contributed by atoms with E-state index in [1.165, 1.54) is 44.5 Å². The number of carboxylic acid groups (broad SMARTS) is 2. The number of ketones is 2. The van der Waals surface area contributed by atoms with Crippen LogP contribution in [0, 0.1) is 13.8 Å². The molecule has 9 rings (SSSR count). The number of nitrogen functional groups attached to an aromatic ring is 1. The number of likely N-dealkylation sites (N-methyl/N-ethyl adjacent to an activating group) is 1. The number of aryl methyl sites for hydroxylation is 2. The number of anilines is 2. The van der Waals surface area contributed by atoms with Crippen molar-refractivity contribution in [1.82, 2.24) is 82.2 Å². The van der Waals surface area contributed by atoms with Gasteiger partial charge in [0.15, 0.2) is 22.7 Å². The third-order valence-corrected chi connectivity index (χ3v) is 22.8. The number of carbonyl (C=O) groups excluding carboxylic acids is 10. The molecule has 0 radical (unpaired) electrons. The van der Waals surface area contributed by atoms with Crippen LogP contribution in [0.4, 0.5) is 16.4 Å². The molecule has 41 heteroatoms. The molecular formula is C73H90N18O20S3. The normalized spacial score (nSPS) is 16.7. The number of rotatable bonds is 36. The van der Waals surface area contributed by atoms with Gasteiger partial charge in [0, 0.05) is 117 Å². The zero-order valence-electron chi connectivity index (χ0n) is 63.7. The Morgan fingerprint density at radius 2 is 1.41 bits per heavy atom. The van der Waals surface area contributed by atoms with Crippen LogP contribution in [0.1, 0.15) is 185 Å². The van der Waals surface area contributed by atoms with E-state index in [1.807, 2.05) is 39.0 Å². The molecular weight excluding hydrogens is 1550 g/mol. The second-order valence-electron chi connectivity index (χ2n) is 27.7. The fraction of sp³-hybridized carbons (Fsp3) is 0.452. The Morgan fingerprint density at radius 3 is 2.09 bits per heavy atom. The SMILES string of the molecule is CC[C@@H]1c2cc3[nH]c4c(c3C)C(=O)C(C(=O)OC)c4c3nc(cc4[nH]c(cc(n2)[C@H]1C)c(C(C)=O)c4C)[C@H](C)[C@H]3CCC(=O)NCCC[C@@H](C(=O)NNC(=O)OCCSSC[C@H](NC(=O)[C@H](CC(=O)NCCS(=O)(=O)O)NC(=O)CC[C@H](NC(=O)c1ccc(NCc2cnc3nc(N)[nH]c(=O)c3n2)cc1)C(=O)O)C(=O)O)N(C)C. The van der Waals surface area contributed by atoms with Gasteiger partial charge in [-0.1, -0.05) is 42.4 Å². The van der Waals surface area contributed by atoms with Crippen molar-refractivity contribution in [2.45, 2.75) is 153 Å². The Labute approximate surface area is 659 Å². The molecule has 8 bridgehead atoms. The average molecular weight is 1640 g/mol. The first kappa shape index (κ1) is 86.6. The van der Waals surface area contributed by atoms with Crippen LogP contribution in [0.25, 0.3) is 33.2 Å². The summed E-state index contributed by atoms with van der Waals surface area (Å²) in [4.78, 5) is 205. The first-order valence-corrected chi connectivity index (χ1v) is 40.4. The van der Waals surface area contributed by atoms with Crippen LogP contribution in [-0.2, 0) is 64.5 Å². The molecule has 114 heavy (non-hydrogen) atoms. The minimum Gasteiger partial charge on any atom is -0.480 e. The van der Waals surface area contributed by atoms with Crippen molar-refractivity contribution in [3.05, 3.63) is 121 Å². The summed E-state index contributed by atoms with van der Waals surface area (Å²) in [6.45, 7) is 10.7. The summed E-state index contributed by atoms with van der Waals surface area (Å²) in [6.07, 6.45) is -0.248. The van der Waals surface area contributed by atoms with Crippen molar-refractivity contribution >= 4 is 148 Å². The number of carboxylic acids is 2. The number of nitrogens with two attached hydrogens (primary N) is 1. The van der Waals surface area contributed by atoms with Gasteiger partial charge < -0.3 is 67.3 Å². The molecule has 5 aromatic heterocycles. The maximum Gasteiger partial charge on any atom is 0.426 e. The molecule has 16 N–H and O–H groups in total. The van der Waals surface area contributed by atoms with E-state index < -0.39 is 143 Å². The fourth-order valence-corrected chi connectivity index (χ4v) is 16.0. The van der Waals surface area contributed by atoms with Gasteiger partial charge in [0.1, 0.15) is 30.7 Å². The molecule has 7 heterocycles. The lowest BCUT2D eigenvalue weighted by Gasteiger charge is -2.23. The molecule has 0 fully saturated rings. The number of amides is 7. The smallest absolute Gasteiger partial charge is 0.426 e. The lowest BCUT2D eigenvalue weighted by atomic mass is 9.84. The van der Waals surface area contributed by atoms with E-state index >= 15 is 0 Å². The second-order valence-corrected chi connectivity index (χ2v) is 31.9. The van der Waals surface area contributed by atoms with Gasteiger partial charge in [-0.2, -0.15) is 13.4 Å². The number of aromatic nitrogens is 8. The lowest BCUT2D eigenvalue weighted by molar-refractivity contribution is -0.142. The van der Waals surface area contributed by atoms with Gasteiger partial charge in [-0.3, -0.25) is 77.8 Å². The van der Waals surface area contributed by atoms with E-state index in [-0.39, 0.29) is 103 Å². The maximum absolute atomic E-state index is 14.6. The monoisotopic (exact) mass is 1630 g/mol. The molecule has 0 spiro atoms. The summed E-state index contributed by atoms with van der Waals surface area (Å²) < 4.78 is 42.1. The van der Waals surface area contributed by atoms with E-state index in [4.69, 9.17) is 29.7 Å². The summed E-state index contributed by atoms with van der Waals surface area (Å²) in [6, 6.07) is 5.50. The Kier molecular flexibility index (Phi) is 29.2. The van der Waals surface area contributed by atoms with Crippen molar-refractivity contribution in [3.63, 3.8) is 0 Å². The van der Waals surface area contributed by atoms with E-state index in [2.05, 4.69) is 86.5 Å². The first-order valence-electron chi connectivity index (χ1n) is 36.3. The summed E-state index contributed by atoms with van der Waals surface area (Å²) in [5, 5.41) is 35.0. The number of H-pyrrole nitrogens is 3. The van der Waals surface area contributed by atoms with E-state index in [0.29, 0.717) is 79.1 Å². The number of nitrogens with zero attached hydrogens (tertiary/aromatic N) is 6. The minimum absolute atomic E-state index is 0.0000976. The lowest BCUT2D eigenvalue weighted by Crippen LogP contribution is -2.54. The third-order valence-electron chi connectivity index (χ3n) is 19.7. The van der Waals surface area contributed by atoms with Crippen molar-refractivity contribution in [1.29, 1.82) is 0 Å². The number of aliphatic carboxylic acids is 2. The third kappa shape index (κ3) is 21.7. The Morgan fingerprint density at radius 1 is 0.737 bits per heavy atom. The molecule has 9 atom stereocenters. The highest BCUT2D eigenvalue weighted by atomic mass is 33.1. The minimum atomic E-state index is -4.55. The topological polar surface area (TPSA) is 573 Å².